The molecule has 1 aliphatic heterocycles. The summed E-state index contributed by atoms with van der Waals surface area (Å²) in [5, 5.41) is 26.8. The maximum absolute atomic E-state index is 11.8. The van der Waals surface area contributed by atoms with Crippen LogP contribution >= 0.6 is 24.0 Å². The van der Waals surface area contributed by atoms with Gasteiger partial charge in [0.05, 0.1) is 22.8 Å². The van der Waals surface area contributed by atoms with Crippen molar-refractivity contribution in [3.05, 3.63) is 53.7 Å². The smallest absolute Gasteiger partial charge is 0.243 e. The number of rotatable bonds is 4. The molecule has 1 heterocycles. The maximum Gasteiger partial charge on any atom is 0.243 e. The zero-order valence-electron chi connectivity index (χ0n) is 12.2. The molecule has 0 aromatic heterocycles. The van der Waals surface area contributed by atoms with Crippen LogP contribution in [0.3, 0.4) is 0 Å². The SMILES string of the molecule is O=C1CSC(=S)N1c1ccc(N=Nc2ccc([NH+]([O-])O)cc2)cc1. The van der Waals surface area contributed by atoms with Gasteiger partial charge in [0.25, 0.3) is 0 Å². The molecule has 24 heavy (non-hydrogen) atoms. The van der Waals surface area contributed by atoms with Crippen molar-refractivity contribution in [3.8, 4) is 0 Å². The zero-order valence-corrected chi connectivity index (χ0v) is 13.9. The third-order valence-corrected chi connectivity index (χ3v) is 4.61. The highest BCUT2D eigenvalue weighted by molar-refractivity contribution is 8.24. The lowest BCUT2D eigenvalue weighted by Gasteiger charge is -2.14. The highest BCUT2D eigenvalue weighted by Gasteiger charge is 2.27. The number of carbonyl (C=O) groups is 1. The standard InChI is InChI=1S/C15H12N4O3S2/c20-14-9-24-15(23)18(14)12-5-1-10(2-6-12)16-17-11-3-7-13(8-4-11)19(21)22/h1-8,19,21H,9H2. The number of azo groups is 1. The van der Waals surface area contributed by atoms with Gasteiger partial charge in [-0.25, -0.2) is 5.21 Å². The molecule has 1 amide bonds. The molecule has 0 saturated carbocycles. The van der Waals surface area contributed by atoms with Gasteiger partial charge in [-0.2, -0.15) is 15.5 Å². The van der Waals surface area contributed by atoms with Crippen LogP contribution in [0.25, 0.3) is 0 Å². The Kier molecular flexibility index (Phi) is 4.97. The molecule has 1 saturated heterocycles. The van der Waals surface area contributed by atoms with Crippen molar-refractivity contribution in [3.63, 3.8) is 0 Å². The van der Waals surface area contributed by atoms with Crippen molar-refractivity contribution >= 4 is 57.0 Å². The lowest BCUT2D eigenvalue weighted by Crippen LogP contribution is -2.99. The fourth-order valence-electron chi connectivity index (χ4n) is 2.06. The highest BCUT2D eigenvalue weighted by Crippen LogP contribution is 2.28. The molecule has 0 spiro atoms. The maximum atomic E-state index is 11.8. The first kappa shape index (κ1) is 16.7. The summed E-state index contributed by atoms with van der Waals surface area (Å²) in [6.45, 7) is 0. The second kappa shape index (κ2) is 7.16. The van der Waals surface area contributed by atoms with Gasteiger partial charge in [0.15, 0.2) is 5.69 Å². The molecule has 0 bridgehead atoms. The average Bonchev–Trinajstić information content (AvgIpc) is 2.92. The van der Waals surface area contributed by atoms with Gasteiger partial charge in [-0.05, 0) is 36.4 Å². The van der Waals surface area contributed by atoms with Gasteiger partial charge in [0, 0.05) is 12.1 Å². The summed E-state index contributed by atoms with van der Waals surface area (Å²) in [5.41, 5.74) is 2.07. The lowest BCUT2D eigenvalue weighted by atomic mass is 10.2. The van der Waals surface area contributed by atoms with Crippen molar-refractivity contribution in [2.75, 3.05) is 10.7 Å². The number of hydrogen-bond acceptors (Lipinski definition) is 7. The Balaban J connectivity index is 1.72. The van der Waals surface area contributed by atoms with E-state index in [2.05, 4.69) is 10.2 Å². The Morgan fingerprint density at radius 1 is 1.08 bits per heavy atom. The molecular weight excluding hydrogens is 348 g/mol. The minimum Gasteiger partial charge on any atom is -0.595 e. The Morgan fingerprint density at radius 3 is 2.08 bits per heavy atom. The molecule has 3 rings (SSSR count). The van der Waals surface area contributed by atoms with Crippen LogP contribution in [0.1, 0.15) is 0 Å². The van der Waals surface area contributed by atoms with Gasteiger partial charge in [0.2, 0.25) is 5.91 Å². The summed E-state index contributed by atoms with van der Waals surface area (Å²) in [5.74, 6) is 0.338. The first-order valence-electron chi connectivity index (χ1n) is 6.89. The average molecular weight is 360 g/mol. The number of amides is 1. The third kappa shape index (κ3) is 3.66. The molecule has 122 valence electrons. The minimum absolute atomic E-state index is 0.0297. The summed E-state index contributed by atoms with van der Waals surface area (Å²) in [7, 11) is 0. The number of nitrogens with one attached hydrogen (secondary N) is 1. The molecular formula is C15H12N4O3S2. The highest BCUT2D eigenvalue weighted by atomic mass is 32.2. The molecule has 2 N–H and O–H groups in total. The Morgan fingerprint density at radius 2 is 1.62 bits per heavy atom. The van der Waals surface area contributed by atoms with Crippen LogP contribution in [0.4, 0.5) is 22.7 Å². The van der Waals surface area contributed by atoms with Crippen LogP contribution < -0.4 is 10.1 Å². The number of quaternary nitrogens is 1. The zero-order chi connectivity index (χ0) is 17.1. The summed E-state index contributed by atoms with van der Waals surface area (Å²) in [4.78, 5) is 13.3. The molecule has 1 fully saturated rings. The number of thioether (sulfide) groups is 1. The molecule has 0 radical (unpaired) electrons. The van der Waals surface area contributed by atoms with E-state index in [0.717, 1.165) is 0 Å². The number of thiocarbonyl (C=S) groups is 1. The molecule has 1 atom stereocenters. The van der Waals surface area contributed by atoms with Crippen LogP contribution in [-0.4, -0.2) is 21.2 Å². The predicted molar refractivity (Wildman–Crippen MR) is 95.4 cm³/mol. The molecule has 0 aliphatic carbocycles. The van der Waals surface area contributed by atoms with Gasteiger partial charge >= 0.3 is 0 Å². The topological polar surface area (TPSA) is 92.8 Å². The predicted octanol–water partition coefficient (Wildman–Crippen LogP) is 2.87. The van der Waals surface area contributed by atoms with Crippen molar-refractivity contribution in [2.24, 2.45) is 10.2 Å². The van der Waals surface area contributed by atoms with E-state index in [1.165, 1.54) is 28.8 Å². The molecule has 2 aromatic rings. The summed E-state index contributed by atoms with van der Waals surface area (Å²) < 4.78 is 0.549. The molecule has 1 unspecified atom stereocenters. The number of nitrogens with zero attached hydrogens (tertiary/aromatic N) is 3. The van der Waals surface area contributed by atoms with Crippen molar-refractivity contribution in [2.45, 2.75) is 0 Å². The van der Waals surface area contributed by atoms with E-state index in [0.29, 0.717) is 27.1 Å². The van der Waals surface area contributed by atoms with Crippen molar-refractivity contribution in [1.82, 2.24) is 0 Å². The quantitative estimate of drug-likeness (QED) is 0.497. The monoisotopic (exact) mass is 360 g/mol. The van der Waals surface area contributed by atoms with Crippen LogP contribution in [-0.2, 0) is 4.79 Å². The molecule has 2 aromatic carbocycles. The van der Waals surface area contributed by atoms with Gasteiger partial charge in [0.1, 0.15) is 4.32 Å². The van der Waals surface area contributed by atoms with E-state index in [1.807, 2.05) is 0 Å². The largest absolute Gasteiger partial charge is 0.595 e. The van der Waals surface area contributed by atoms with Crippen LogP contribution in [0, 0.1) is 5.21 Å². The van der Waals surface area contributed by atoms with Gasteiger partial charge < -0.3 is 5.21 Å². The van der Waals surface area contributed by atoms with E-state index in [1.54, 1.807) is 36.4 Å². The Hall–Kier alpha value is -2.17. The Bertz CT molecular complexity index is 775. The fraction of sp³-hybridized carbons (Fsp3) is 0.0667. The minimum atomic E-state index is -0.985. The van der Waals surface area contributed by atoms with E-state index < -0.39 is 5.23 Å². The van der Waals surface area contributed by atoms with Gasteiger partial charge in [-0.3, -0.25) is 9.69 Å². The first-order chi connectivity index (χ1) is 11.5. The lowest BCUT2D eigenvalue weighted by molar-refractivity contribution is -0.991. The molecule has 1 aliphatic rings. The molecule has 7 nitrogen and oxygen atoms in total. The van der Waals surface area contributed by atoms with E-state index in [4.69, 9.17) is 17.4 Å². The van der Waals surface area contributed by atoms with Crippen LogP contribution in [0.5, 0.6) is 0 Å². The van der Waals surface area contributed by atoms with Crippen LogP contribution in [0.2, 0.25) is 0 Å². The van der Waals surface area contributed by atoms with Crippen LogP contribution in [0.15, 0.2) is 58.8 Å². The van der Waals surface area contributed by atoms with E-state index >= 15 is 0 Å². The first-order valence-corrected chi connectivity index (χ1v) is 8.29. The number of hydrogen-bond donors (Lipinski definition) is 2. The second-order valence-electron chi connectivity index (χ2n) is 4.85. The van der Waals surface area contributed by atoms with Crippen molar-refractivity contribution < 1.29 is 15.2 Å². The van der Waals surface area contributed by atoms with E-state index in [9.17, 15) is 10.0 Å². The number of anilines is 1. The normalized spacial score (nSPS) is 16.2. The summed E-state index contributed by atoms with van der Waals surface area (Å²) in [6, 6.07) is 13.1. The summed E-state index contributed by atoms with van der Waals surface area (Å²) in [6.07, 6.45) is 0. The summed E-state index contributed by atoms with van der Waals surface area (Å²) >= 11 is 6.51. The second-order valence-corrected chi connectivity index (χ2v) is 6.46. The van der Waals surface area contributed by atoms with E-state index in [-0.39, 0.29) is 11.6 Å². The Labute approximate surface area is 147 Å². The fourth-order valence-corrected chi connectivity index (χ4v) is 3.15. The number of carbonyl (C=O) groups excluding carboxylic acids is 1. The van der Waals surface area contributed by atoms with Gasteiger partial charge in [-0.1, -0.05) is 24.0 Å². The van der Waals surface area contributed by atoms with Crippen molar-refractivity contribution in [1.29, 1.82) is 0 Å². The molecule has 9 heteroatoms. The third-order valence-electron chi connectivity index (χ3n) is 3.25. The number of benzene rings is 2. The van der Waals surface area contributed by atoms with Gasteiger partial charge in [-0.15, -0.1) is 0 Å².